The monoisotopic (exact) mass is 236 g/mol. The molecular weight excluding hydrogens is 216 g/mol. The Morgan fingerprint density at radius 2 is 1.69 bits per heavy atom. The molecule has 1 fully saturated rings. The number of benzene rings is 1. The lowest BCUT2D eigenvalue weighted by Gasteiger charge is -2.22. The van der Waals surface area contributed by atoms with Crippen molar-refractivity contribution in [2.45, 2.75) is 42.9 Å². The van der Waals surface area contributed by atoms with Crippen LogP contribution in [0.4, 0.5) is 0 Å². The molecular formula is C14H20OS. The normalized spacial score (nSPS) is 21.6. The summed E-state index contributed by atoms with van der Waals surface area (Å²) < 4.78 is 11.8. The Labute approximate surface area is 98.9 Å². The van der Waals surface area contributed by atoms with Crippen LogP contribution in [0.25, 0.3) is 0 Å². The van der Waals surface area contributed by atoms with E-state index < -0.39 is 9.52 Å². The van der Waals surface area contributed by atoms with Gasteiger partial charge in [-0.3, -0.25) is 4.21 Å². The standard InChI is InChI=1S/C14H20OS/c1-16(2,15)14-10-8-13(9-11-14)12-6-4-3-5-7-12/h8-12H,1,3-7H2,2H3. The smallest absolute Gasteiger partial charge is 0.0302 e. The summed E-state index contributed by atoms with van der Waals surface area (Å²) in [5.41, 5.74) is 1.41. The molecule has 0 bridgehead atoms. The third-order valence-corrected chi connectivity index (χ3v) is 4.72. The van der Waals surface area contributed by atoms with E-state index in [1.54, 1.807) is 6.26 Å². The van der Waals surface area contributed by atoms with E-state index in [1.165, 1.54) is 37.7 Å². The summed E-state index contributed by atoms with van der Waals surface area (Å²) in [6, 6.07) is 8.25. The summed E-state index contributed by atoms with van der Waals surface area (Å²) in [4.78, 5) is 0.868. The number of hydrogen-bond acceptors (Lipinski definition) is 1. The van der Waals surface area contributed by atoms with Crippen molar-refractivity contribution in [1.29, 1.82) is 0 Å². The van der Waals surface area contributed by atoms with Crippen molar-refractivity contribution < 1.29 is 4.21 Å². The van der Waals surface area contributed by atoms with Gasteiger partial charge in [0.05, 0.1) is 0 Å². The molecule has 0 aromatic heterocycles. The molecule has 0 spiro atoms. The minimum absolute atomic E-state index is 0.723. The Bertz CT molecular complexity index is 436. The molecule has 0 amide bonds. The van der Waals surface area contributed by atoms with Crippen molar-refractivity contribution >= 4 is 15.4 Å². The van der Waals surface area contributed by atoms with Gasteiger partial charge in [-0.1, -0.05) is 31.4 Å². The summed E-state index contributed by atoms with van der Waals surface area (Å²) >= 11 is 0. The summed E-state index contributed by atoms with van der Waals surface area (Å²) in [6.45, 7) is 0. The molecule has 0 aliphatic heterocycles. The maximum absolute atomic E-state index is 11.8. The van der Waals surface area contributed by atoms with Gasteiger partial charge in [-0.2, -0.15) is 0 Å². The highest BCUT2D eigenvalue weighted by Gasteiger charge is 2.15. The van der Waals surface area contributed by atoms with Gasteiger partial charge in [0.25, 0.3) is 0 Å². The van der Waals surface area contributed by atoms with E-state index in [2.05, 4.69) is 18.0 Å². The van der Waals surface area contributed by atoms with Crippen molar-refractivity contribution in [3.63, 3.8) is 0 Å². The van der Waals surface area contributed by atoms with Crippen LogP contribution in [0.2, 0.25) is 0 Å². The second-order valence-corrected chi connectivity index (χ2v) is 7.39. The molecule has 1 aromatic carbocycles. The molecule has 0 N–H and O–H groups in total. The van der Waals surface area contributed by atoms with Crippen LogP contribution in [0.5, 0.6) is 0 Å². The van der Waals surface area contributed by atoms with Crippen molar-refractivity contribution in [3.8, 4) is 0 Å². The van der Waals surface area contributed by atoms with E-state index in [-0.39, 0.29) is 0 Å². The molecule has 0 heterocycles. The summed E-state index contributed by atoms with van der Waals surface area (Å²) in [6.07, 6.45) is 8.41. The first-order valence-corrected chi connectivity index (χ1v) is 8.13. The Balaban J connectivity index is 2.18. The largest absolute Gasteiger partial charge is 0.263 e. The van der Waals surface area contributed by atoms with Gasteiger partial charge in [0.15, 0.2) is 0 Å². The molecule has 1 atom stereocenters. The number of rotatable bonds is 2. The Hall–Kier alpha value is -0.760. The van der Waals surface area contributed by atoms with Gasteiger partial charge in [-0.05, 0) is 51.8 Å². The van der Waals surface area contributed by atoms with Crippen LogP contribution < -0.4 is 0 Å². The molecule has 1 nitrogen and oxygen atoms in total. The Morgan fingerprint density at radius 1 is 1.12 bits per heavy atom. The van der Waals surface area contributed by atoms with Gasteiger partial charge in [-0.15, -0.1) is 0 Å². The van der Waals surface area contributed by atoms with Crippen LogP contribution >= 0.6 is 0 Å². The average Bonchev–Trinajstić information content (AvgIpc) is 2.29. The van der Waals surface area contributed by atoms with Crippen molar-refractivity contribution in [1.82, 2.24) is 0 Å². The van der Waals surface area contributed by atoms with Crippen LogP contribution in [0, 0.1) is 0 Å². The fraction of sp³-hybridized carbons (Fsp3) is 0.500. The predicted octanol–water partition coefficient (Wildman–Crippen LogP) is 3.44. The van der Waals surface area contributed by atoms with Gasteiger partial charge in [0.2, 0.25) is 0 Å². The zero-order chi connectivity index (χ0) is 11.6. The zero-order valence-electron chi connectivity index (χ0n) is 9.95. The van der Waals surface area contributed by atoms with E-state index >= 15 is 0 Å². The molecule has 88 valence electrons. The minimum atomic E-state index is -2.05. The first-order chi connectivity index (χ1) is 7.57. The fourth-order valence-corrected chi connectivity index (χ4v) is 3.18. The van der Waals surface area contributed by atoms with E-state index in [0.29, 0.717) is 0 Å². The second-order valence-electron chi connectivity index (χ2n) is 4.91. The maximum Gasteiger partial charge on any atom is 0.0302 e. The summed E-state index contributed by atoms with van der Waals surface area (Å²) in [7, 11) is -2.05. The lowest BCUT2D eigenvalue weighted by atomic mass is 9.84. The Morgan fingerprint density at radius 3 is 2.19 bits per heavy atom. The molecule has 16 heavy (non-hydrogen) atoms. The van der Waals surface area contributed by atoms with Crippen LogP contribution in [0.1, 0.15) is 43.6 Å². The molecule has 1 aromatic rings. The lowest BCUT2D eigenvalue weighted by Crippen LogP contribution is -2.05. The van der Waals surface area contributed by atoms with Gasteiger partial charge >= 0.3 is 0 Å². The fourth-order valence-electron chi connectivity index (χ4n) is 2.46. The van der Waals surface area contributed by atoms with Gasteiger partial charge in [-0.25, -0.2) is 0 Å². The molecule has 2 heteroatoms. The topological polar surface area (TPSA) is 17.1 Å². The van der Waals surface area contributed by atoms with E-state index in [0.717, 1.165) is 10.8 Å². The molecule has 0 radical (unpaired) electrons. The molecule has 1 saturated carbocycles. The van der Waals surface area contributed by atoms with E-state index in [9.17, 15) is 4.21 Å². The highest BCUT2D eigenvalue weighted by Crippen LogP contribution is 2.32. The van der Waals surface area contributed by atoms with Gasteiger partial charge < -0.3 is 0 Å². The average molecular weight is 236 g/mol. The van der Waals surface area contributed by atoms with Crippen molar-refractivity contribution in [2.75, 3.05) is 6.26 Å². The van der Waals surface area contributed by atoms with Crippen LogP contribution in [-0.4, -0.2) is 16.3 Å². The number of hydrogen-bond donors (Lipinski definition) is 0. The SMILES string of the molecule is C=S(C)(=O)c1ccc(C2CCCCC2)cc1. The van der Waals surface area contributed by atoms with E-state index in [4.69, 9.17) is 0 Å². The third kappa shape index (κ3) is 2.67. The van der Waals surface area contributed by atoms with Gasteiger partial charge in [0, 0.05) is 11.2 Å². The Kier molecular flexibility index (Phi) is 3.38. The quantitative estimate of drug-likeness (QED) is 0.719. The highest BCUT2D eigenvalue weighted by atomic mass is 32.2. The predicted molar refractivity (Wildman–Crippen MR) is 71.7 cm³/mol. The van der Waals surface area contributed by atoms with Crippen LogP contribution in [0.3, 0.4) is 0 Å². The molecule has 1 unspecified atom stereocenters. The molecule has 1 aliphatic carbocycles. The molecule has 0 saturated heterocycles. The highest BCUT2D eigenvalue weighted by molar-refractivity contribution is 7.99. The van der Waals surface area contributed by atoms with Gasteiger partial charge in [0.1, 0.15) is 0 Å². The maximum atomic E-state index is 11.8. The molecule has 1 aliphatic rings. The van der Waals surface area contributed by atoms with E-state index in [1.807, 2.05) is 12.1 Å². The lowest BCUT2D eigenvalue weighted by molar-refractivity contribution is 0.443. The van der Waals surface area contributed by atoms with Crippen LogP contribution in [0.15, 0.2) is 29.2 Å². The molecule has 2 rings (SSSR count). The third-order valence-electron chi connectivity index (χ3n) is 3.46. The first kappa shape index (κ1) is 11.7. The zero-order valence-corrected chi connectivity index (χ0v) is 10.8. The second kappa shape index (κ2) is 4.62. The van der Waals surface area contributed by atoms with Crippen molar-refractivity contribution in [3.05, 3.63) is 29.8 Å². The van der Waals surface area contributed by atoms with Crippen molar-refractivity contribution in [2.24, 2.45) is 0 Å². The van der Waals surface area contributed by atoms with Crippen LogP contribution in [-0.2, 0) is 9.52 Å². The first-order valence-electron chi connectivity index (χ1n) is 5.99. The minimum Gasteiger partial charge on any atom is -0.263 e. The summed E-state index contributed by atoms with van der Waals surface area (Å²) in [5.74, 6) is 4.43. The summed E-state index contributed by atoms with van der Waals surface area (Å²) in [5, 5.41) is 0.